The Morgan fingerprint density at radius 3 is 2.24 bits per heavy atom. The Balaban J connectivity index is 1.56. The summed E-state index contributed by atoms with van der Waals surface area (Å²) in [4.78, 5) is 22.0. The maximum absolute atomic E-state index is 8.33. The van der Waals surface area contributed by atoms with Crippen LogP contribution in [0.15, 0.2) is 59.3 Å². The molecule has 0 bridgehead atoms. The van der Waals surface area contributed by atoms with Crippen molar-refractivity contribution >= 4 is 56.5 Å². The second kappa shape index (κ2) is 7.59. The largest absolute Gasteiger partial charge is 0.435 e. The van der Waals surface area contributed by atoms with Crippen molar-refractivity contribution in [1.82, 2.24) is 15.0 Å². The van der Waals surface area contributed by atoms with Gasteiger partial charge in [0.05, 0.1) is 22.7 Å². The third-order valence-electron chi connectivity index (χ3n) is 7.78. The number of hydrogen-bond acceptors (Lipinski definition) is 8. The van der Waals surface area contributed by atoms with Crippen LogP contribution in [0.1, 0.15) is 29.2 Å². The summed E-state index contributed by atoms with van der Waals surface area (Å²) in [6.45, 7) is 5.66. The lowest BCUT2D eigenvalue weighted by molar-refractivity contribution is 0.646. The van der Waals surface area contributed by atoms with Crippen LogP contribution >= 0.6 is 0 Å². The molecule has 0 saturated heterocycles. The van der Waals surface area contributed by atoms with Crippen LogP contribution in [0.3, 0.4) is 0 Å². The number of aryl methyl sites for hydroxylation is 1. The average molecular weight is 495 g/mol. The van der Waals surface area contributed by atoms with Crippen molar-refractivity contribution in [2.24, 2.45) is 0 Å². The smallest absolute Gasteiger partial charge is 0.227 e. The van der Waals surface area contributed by atoms with E-state index in [1.54, 1.807) is 12.3 Å². The first-order valence-electron chi connectivity index (χ1n) is 13.9. The normalized spacial score (nSPS) is 20.4. The van der Waals surface area contributed by atoms with E-state index in [-0.39, 0.29) is 6.17 Å². The van der Waals surface area contributed by atoms with Gasteiger partial charge in [-0.05, 0) is 70.2 Å². The van der Waals surface area contributed by atoms with Crippen molar-refractivity contribution in [3.8, 4) is 0 Å². The molecule has 0 unspecified atom stereocenters. The molecule has 2 aliphatic heterocycles. The first-order valence-corrected chi connectivity index (χ1v) is 12.4. The van der Waals surface area contributed by atoms with Crippen molar-refractivity contribution in [2.75, 3.05) is 33.6 Å². The number of benzene rings is 1. The third kappa shape index (κ3) is 2.86. The number of aromatic nitrogens is 3. The number of pyridine rings is 3. The first-order chi connectivity index (χ1) is 19.1. The van der Waals surface area contributed by atoms with Crippen LogP contribution in [0.4, 0.5) is 34.4 Å². The van der Waals surface area contributed by atoms with E-state index >= 15 is 0 Å². The van der Waals surface area contributed by atoms with E-state index in [2.05, 4.69) is 52.8 Å². The standard InChI is InChI=1S/C29H29N7O/c1-16-11-12-20-21-15-24(35-18(3)33(5)22-9-7-13-30-27(22)35)17(2)25(26(21)37-29(20)32-16)36-19(4)34(6)23-10-8-14-31-28(23)36/h7-15,18-19H,1-6H3/t18-,19+/m1/s1/i6D3. The molecule has 1 aromatic carbocycles. The van der Waals surface area contributed by atoms with E-state index in [1.807, 2.05) is 49.2 Å². The number of fused-ring (bicyclic) bond motifs is 5. The van der Waals surface area contributed by atoms with Gasteiger partial charge < -0.3 is 24.0 Å². The summed E-state index contributed by atoms with van der Waals surface area (Å²) >= 11 is 0. The van der Waals surface area contributed by atoms with Crippen LogP contribution in [-0.4, -0.2) is 41.3 Å². The zero-order valence-electron chi connectivity index (χ0n) is 24.4. The molecular formula is C29H29N7O. The molecule has 0 radical (unpaired) electrons. The van der Waals surface area contributed by atoms with Gasteiger partial charge in [-0.15, -0.1) is 0 Å². The van der Waals surface area contributed by atoms with E-state index in [0.717, 1.165) is 44.9 Å². The molecule has 2 aliphatic rings. The van der Waals surface area contributed by atoms with Gasteiger partial charge >= 0.3 is 0 Å². The molecule has 5 aromatic rings. The third-order valence-corrected chi connectivity index (χ3v) is 7.78. The first kappa shape index (κ1) is 18.9. The number of nitrogens with zero attached hydrogens (tertiary/aromatic N) is 7. The highest BCUT2D eigenvalue weighted by molar-refractivity contribution is 6.12. The van der Waals surface area contributed by atoms with E-state index < -0.39 is 13.1 Å². The molecule has 37 heavy (non-hydrogen) atoms. The fourth-order valence-electron chi connectivity index (χ4n) is 5.75. The maximum Gasteiger partial charge on any atom is 0.227 e. The molecule has 0 spiro atoms. The Morgan fingerprint density at radius 1 is 0.838 bits per heavy atom. The maximum atomic E-state index is 8.33. The summed E-state index contributed by atoms with van der Waals surface area (Å²) in [5.74, 6) is 1.44. The molecule has 0 saturated carbocycles. The predicted octanol–water partition coefficient (Wildman–Crippen LogP) is 6.26. The number of furan rings is 1. The van der Waals surface area contributed by atoms with Crippen molar-refractivity contribution in [1.29, 1.82) is 0 Å². The van der Waals surface area contributed by atoms with Crippen LogP contribution in [-0.2, 0) is 0 Å². The molecule has 186 valence electrons. The van der Waals surface area contributed by atoms with Crippen molar-refractivity contribution in [3.63, 3.8) is 0 Å². The highest BCUT2D eigenvalue weighted by atomic mass is 16.3. The predicted molar refractivity (Wildman–Crippen MR) is 149 cm³/mol. The number of hydrogen-bond donors (Lipinski definition) is 0. The van der Waals surface area contributed by atoms with Gasteiger partial charge in [0, 0.05) is 52.6 Å². The molecule has 0 fully saturated rings. The van der Waals surface area contributed by atoms with Gasteiger partial charge in [-0.2, -0.15) is 0 Å². The van der Waals surface area contributed by atoms with Gasteiger partial charge in [0.1, 0.15) is 12.3 Å². The summed E-state index contributed by atoms with van der Waals surface area (Å²) in [6, 6.07) is 13.8. The summed E-state index contributed by atoms with van der Waals surface area (Å²) in [7, 11) is 2.07. The lowest BCUT2D eigenvalue weighted by Crippen LogP contribution is -2.37. The second-order valence-corrected chi connectivity index (χ2v) is 9.83. The zero-order chi connectivity index (χ0) is 28.1. The molecule has 0 amide bonds. The fraction of sp³-hybridized carbons (Fsp3) is 0.276. The van der Waals surface area contributed by atoms with Gasteiger partial charge in [-0.1, -0.05) is 0 Å². The van der Waals surface area contributed by atoms with Crippen LogP contribution in [0.5, 0.6) is 0 Å². The lowest BCUT2D eigenvalue weighted by atomic mass is 10.0. The Morgan fingerprint density at radius 2 is 1.51 bits per heavy atom. The summed E-state index contributed by atoms with van der Waals surface area (Å²) < 4.78 is 31.5. The SMILES string of the molecule is [2H]C([2H])([2H])N1c2cccnc2N(c2c(C)c(N3c4ncccc4N(C)[C@H]3C)cc3c2oc2nc(C)ccc23)[C@H]1C. The van der Waals surface area contributed by atoms with Crippen molar-refractivity contribution < 1.29 is 8.53 Å². The van der Waals surface area contributed by atoms with Crippen molar-refractivity contribution in [2.45, 2.75) is 40.0 Å². The van der Waals surface area contributed by atoms with Gasteiger partial charge in [0.15, 0.2) is 17.2 Å². The summed E-state index contributed by atoms with van der Waals surface area (Å²) in [5.41, 5.74) is 6.29. The molecule has 2 atom stereocenters. The fourth-order valence-corrected chi connectivity index (χ4v) is 5.75. The molecule has 8 heteroatoms. The zero-order valence-corrected chi connectivity index (χ0v) is 21.4. The molecule has 6 heterocycles. The molecule has 0 N–H and O–H groups in total. The van der Waals surface area contributed by atoms with Gasteiger partial charge in [0.2, 0.25) is 5.71 Å². The van der Waals surface area contributed by atoms with Gasteiger partial charge in [-0.3, -0.25) is 0 Å². The Bertz CT molecular complexity index is 1820. The molecule has 0 aliphatic carbocycles. The topological polar surface area (TPSA) is 64.8 Å². The van der Waals surface area contributed by atoms with Crippen LogP contribution in [0.25, 0.3) is 22.1 Å². The Labute approximate surface area is 220 Å². The lowest BCUT2D eigenvalue weighted by Gasteiger charge is -2.32. The highest BCUT2D eigenvalue weighted by Gasteiger charge is 2.39. The molecule has 8 nitrogen and oxygen atoms in total. The highest BCUT2D eigenvalue weighted by Crippen LogP contribution is 2.51. The van der Waals surface area contributed by atoms with Crippen LogP contribution < -0.4 is 19.6 Å². The number of rotatable bonds is 2. The quantitative estimate of drug-likeness (QED) is 0.285. The molecule has 4 aromatic heterocycles. The molecule has 7 rings (SSSR count). The number of anilines is 6. The second-order valence-electron chi connectivity index (χ2n) is 9.83. The Hall–Kier alpha value is -4.33. The van der Waals surface area contributed by atoms with Crippen LogP contribution in [0, 0.1) is 13.8 Å². The summed E-state index contributed by atoms with van der Waals surface area (Å²) in [5, 5.41) is 1.79. The van der Waals surface area contributed by atoms with Crippen LogP contribution in [0.2, 0.25) is 0 Å². The minimum absolute atomic E-state index is 0.00674. The van der Waals surface area contributed by atoms with E-state index in [1.165, 1.54) is 4.90 Å². The van der Waals surface area contributed by atoms with Crippen molar-refractivity contribution in [3.05, 3.63) is 66.1 Å². The van der Waals surface area contributed by atoms with E-state index in [0.29, 0.717) is 22.8 Å². The molecular weight excluding hydrogens is 462 g/mol. The van der Waals surface area contributed by atoms with E-state index in [4.69, 9.17) is 13.5 Å². The van der Waals surface area contributed by atoms with E-state index in [9.17, 15) is 0 Å². The van der Waals surface area contributed by atoms with Gasteiger partial charge in [-0.25, -0.2) is 15.0 Å². The minimum Gasteiger partial charge on any atom is -0.435 e. The van der Waals surface area contributed by atoms with Gasteiger partial charge in [0.25, 0.3) is 0 Å². The summed E-state index contributed by atoms with van der Waals surface area (Å²) in [6.07, 6.45) is 2.94. The Kier molecular flexibility index (Phi) is 3.87. The average Bonchev–Trinajstić information content (AvgIpc) is 3.50. The monoisotopic (exact) mass is 494 g/mol. The minimum atomic E-state index is -2.36.